The fourth-order valence-corrected chi connectivity index (χ4v) is 3.10. The predicted octanol–water partition coefficient (Wildman–Crippen LogP) is 5.30. The Morgan fingerprint density at radius 2 is 1.68 bits per heavy atom. The average Bonchev–Trinajstić information content (AvgIpc) is 2.67. The highest BCUT2D eigenvalue weighted by Crippen LogP contribution is 2.32. The Bertz CT molecular complexity index is 813. The first-order chi connectivity index (χ1) is 9.09. The molecule has 0 saturated carbocycles. The third-order valence-corrected chi connectivity index (χ3v) is 3.96. The highest BCUT2D eigenvalue weighted by Gasteiger charge is 2.14. The maximum Gasteiger partial charge on any atom is 0.182 e. The fourth-order valence-electron chi connectivity index (χ4n) is 2.25. The first-order valence-electron chi connectivity index (χ1n) is 5.74. The van der Waals surface area contributed by atoms with Gasteiger partial charge in [0.15, 0.2) is 4.77 Å². The molecule has 0 aliphatic carbocycles. The van der Waals surface area contributed by atoms with E-state index in [1.165, 1.54) is 0 Å². The molecule has 3 rings (SSSR count). The van der Waals surface area contributed by atoms with Crippen LogP contribution in [-0.2, 0) is 0 Å². The third kappa shape index (κ3) is 1.98. The number of nitrogens with zero attached hydrogens (tertiary/aromatic N) is 1. The van der Waals surface area contributed by atoms with Gasteiger partial charge in [0.2, 0.25) is 0 Å². The molecule has 1 N–H and O–H groups in total. The van der Waals surface area contributed by atoms with Crippen LogP contribution in [0, 0.1) is 11.7 Å². The lowest BCUT2D eigenvalue weighted by Crippen LogP contribution is -1.97. The molecule has 0 aliphatic rings. The number of fused-ring (bicyclic) bond motifs is 1. The zero-order valence-electron chi connectivity index (χ0n) is 10.1. The van der Waals surface area contributed by atoms with Gasteiger partial charge in [-0.2, -0.15) is 0 Å². The van der Waals surface area contributed by atoms with Crippen LogP contribution in [-0.4, -0.2) is 9.55 Å². The maximum atomic E-state index is 6.28. The van der Waals surface area contributed by atoms with Crippen molar-refractivity contribution in [1.82, 2.24) is 9.55 Å². The Morgan fingerprint density at radius 3 is 2.37 bits per heavy atom. The van der Waals surface area contributed by atoms with Crippen molar-refractivity contribution in [3.8, 4) is 5.69 Å². The summed E-state index contributed by atoms with van der Waals surface area (Å²) in [4.78, 5) is 3.18. The normalized spacial score (nSPS) is 11.1. The van der Waals surface area contributed by atoms with Crippen LogP contribution in [0.25, 0.3) is 16.7 Å². The third-order valence-electron chi connectivity index (χ3n) is 3.07. The molecular formula is C14H10Cl2N2S. The van der Waals surface area contributed by atoms with E-state index < -0.39 is 0 Å². The summed E-state index contributed by atoms with van der Waals surface area (Å²) in [5.74, 6) is 0. The number of aryl methyl sites for hydroxylation is 1. The first kappa shape index (κ1) is 12.7. The number of H-pyrrole nitrogens is 1. The van der Waals surface area contributed by atoms with Gasteiger partial charge in [-0.3, -0.25) is 4.57 Å². The molecule has 0 unspecified atom stereocenters. The molecule has 0 aliphatic heterocycles. The number of imidazole rings is 1. The topological polar surface area (TPSA) is 20.7 Å². The SMILES string of the molecule is Cc1cccc2[nH]c(=S)n(-c3c(Cl)cccc3Cl)c12. The van der Waals surface area contributed by atoms with Crippen molar-refractivity contribution < 1.29 is 0 Å². The maximum absolute atomic E-state index is 6.28. The predicted molar refractivity (Wildman–Crippen MR) is 83.2 cm³/mol. The van der Waals surface area contributed by atoms with Crippen LogP contribution in [0.5, 0.6) is 0 Å². The van der Waals surface area contributed by atoms with Gasteiger partial charge in [0.25, 0.3) is 0 Å². The Hall–Kier alpha value is -1.29. The van der Waals surface area contributed by atoms with Crippen molar-refractivity contribution in [2.45, 2.75) is 6.92 Å². The summed E-state index contributed by atoms with van der Waals surface area (Å²) >= 11 is 18.0. The van der Waals surface area contributed by atoms with Crippen molar-refractivity contribution in [2.75, 3.05) is 0 Å². The molecule has 1 heterocycles. The summed E-state index contributed by atoms with van der Waals surface area (Å²) in [6.07, 6.45) is 0. The van der Waals surface area contributed by atoms with Crippen LogP contribution in [0.2, 0.25) is 10.0 Å². The van der Waals surface area contributed by atoms with Crippen molar-refractivity contribution in [2.24, 2.45) is 0 Å². The van der Waals surface area contributed by atoms with Crippen LogP contribution in [0.3, 0.4) is 0 Å². The summed E-state index contributed by atoms with van der Waals surface area (Å²) in [7, 11) is 0. The van der Waals surface area contributed by atoms with E-state index in [-0.39, 0.29) is 0 Å². The molecule has 5 heteroatoms. The van der Waals surface area contributed by atoms with E-state index in [0.717, 1.165) is 22.3 Å². The lowest BCUT2D eigenvalue weighted by molar-refractivity contribution is 1.06. The molecule has 0 spiro atoms. The van der Waals surface area contributed by atoms with Gasteiger partial charge in [-0.25, -0.2) is 0 Å². The van der Waals surface area contributed by atoms with Gasteiger partial charge in [-0.15, -0.1) is 0 Å². The van der Waals surface area contributed by atoms with Crippen LogP contribution in [0.15, 0.2) is 36.4 Å². The smallest absolute Gasteiger partial charge is 0.182 e. The highest BCUT2D eigenvalue weighted by atomic mass is 35.5. The van der Waals surface area contributed by atoms with Gasteiger partial charge < -0.3 is 4.98 Å². The van der Waals surface area contributed by atoms with Gasteiger partial charge in [0, 0.05) is 0 Å². The van der Waals surface area contributed by atoms with Gasteiger partial charge >= 0.3 is 0 Å². The zero-order valence-corrected chi connectivity index (χ0v) is 12.4. The van der Waals surface area contributed by atoms with Gasteiger partial charge in [-0.05, 0) is 42.9 Å². The summed E-state index contributed by atoms with van der Waals surface area (Å²) in [6.45, 7) is 2.03. The van der Waals surface area contributed by atoms with E-state index >= 15 is 0 Å². The summed E-state index contributed by atoms with van der Waals surface area (Å²) < 4.78 is 2.48. The van der Waals surface area contributed by atoms with Crippen LogP contribution < -0.4 is 0 Å². The minimum Gasteiger partial charge on any atom is -0.330 e. The summed E-state index contributed by atoms with van der Waals surface area (Å²) in [5.41, 5.74) is 3.81. The number of benzene rings is 2. The molecule has 0 bridgehead atoms. The Balaban J connectivity index is 2.50. The summed E-state index contributed by atoms with van der Waals surface area (Å²) in [5, 5.41) is 1.15. The molecule has 3 aromatic rings. The Kier molecular flexibility index (Phi) is 3.13. The number of aromatic nitrogens is 2. The van der Waals surface area contributed by atoms with E-state index in [2.05, 4.69) is 4.98 Å². The second-order valence-electron chi connectivity index (χ2n) is 4.31. The van der Waals surface area contributed by atoms with Crippen LogP contribution in [0.4, 0.5) is 0 Å². The zero-order chi connectivity index (χ0) is 13.6. The Morgan fingerprint density at radius 1 is 1.05 bits per heavy atom. The summed E-state index contributed by atoms with van der Waals surface area (Å²) in [6, 6.07) is 11.4. The average molecular weight is 309 g/mol. The van der Waals surface area contributed by atoms with Crippen molar-refractivity contribution >= 4 is 46.5 Å². The molecule has 0 saturated heterocycles. The standard InChI is InChI=1S/C14H10Cl2N2S/c1-8-4-2-7-11-12(8)18(14(19)17-11)13-9(15)5-3-6-10(13)16/h2-7H,1H3,(H,17,19). The minimum absolute atomic E-state index is 0.577. The second-order valence-corrected chi connectivity index (χ2v) is 5.51. The molecule has 0 atom stereocenters. The highest BCUT2D eigenvalue weighted by molar-refractivity contribution is 7.71. The van der Waals surface area contributed by atoms with E-state index in [9.17, 15) is 0 Å². The molecule has 2 nitrogen and oxygen atoms in total. The fraction of sp³-hybridized carbons (Fsp3) is 0.0714. The first-order valence-corrected chi connectivity index (χ1v) is 6.91. The van der Waals surface area contributed by atoms with E-state index in [1.54, 1.807) is 0 Å². The number of nitrogens with one attached hydrogen (secondary N) is 1. The molecule has 1 aromatic heterocycles. The van der Waals surface area contributed by atoms with Gasteiger partial charge in [0.05, 0.1) is 26.8 Å². The Labute approximate surface area is 125 Å². The van der Waals surface area contributed by atoms with Gasteiger partial charge in [-0.1, -0.05) is 41.4 Å². The van der Waals surface area contributed by atoms with Crippen LogP contribution in [0.1, 0.15) is 5.56 Å². The molecule has 0 amide bonds. The largest absolute Gasteiger partial charge is 0.330 e. The van der Waals surface area contributed by atoms with Crippen molar-refractivity contribution in [3.05, 3.63) is 56.8 Å². The molecule has 19 heavy (non-hydrogen) atoms. The molecule has 0 fully saturated rings. The lowest BCUT2D eigenvalue weighted by atomic mass is 10.2. The lowest BCUT2D eigenvalue weighted by Gasteiger charge is -2.10. The molecule has 96 valence electrons. The molecule has 2 aromatic carbocycles. The number of para-hydroxylation sites is 2. The molecular weight excluding hydrogens is 299 g/mol. The quantitative estimate of drug-likeness (QED) is 0.605. The number of halogens is 2. The number of aromatic amines is 1. The van der Waals surface area contributed by atoms with Crippen LogP contribution >= 0.6 is 35.4 Å². The minimum atomic E-state index is 0.577. The number of rotatable bonds is 1. The number of hydrogen-bond donors (Lipinski definition) is 1. The van der Waals surface area contributed by atoms with Crippen molar-refractivity contribution in [1.29, 1.82) is 0 Å². The van der Waals surface area contributed by atoms with E-state index in [0.29, 0.717) is 14.8 Å². The number of hydrogen-bond acceptors (Lipinski definition) is 1. The van der Waals surface area contributed by atoms with Crippen molar-refractivity contribution in [3.63, 3.8) is 0 Å². The van der Waals surface area contributed by atoms with E-state index in [1.807, 2.05) is 47.9 Å². The monoisotopic (exact) mass is 308 g/mol. The second kappa shape index (κ2) is 4.67. The van der Waals surface area contributed by atoms with E-state index in [4.69, 9.17) is 35.4 Å². The van der Waals surface area contributed by atoms with Gasteiger partial charge in [0.1, 0.15) is 0 Å². The molecule has 0 radical (unpaired) electrons.